The van der Waals surface area contributed by atoms with Crippen molar-refractivity contribution in [2.24, 2.45) is 5.92 Å². The Morgan fingerprint density at radius 2 is 1.95 bits per heavy atom. The van der Waals surface area contributed by atoms with Gasteiger partial charge in [0, 0.05) is 30.5 Å². The first-order valence-corrected chi connectivity index (χ1v) is 9.53. The third-order valence-electron chi connectivity index (χ3n) is 3.92. The Morgan fingerprint density at radius 3 is 2.33 bits per heavy atom. The predicted octanol–water partition coefficient (Wildman–Crippen LogP) is 3.62. The Balaban J connectivity index is 2.36. The number of rotatable bonds is 7. The van der Waals surface area contributed by atoms with E-state index >= 15 is 0 Å². The van der Waals surface area contributed by atoms with Crippen LogP contribution < -0.4 is 0 Å². The van der Waals surface area contributed by atoms with Crippen molar-refractivity contribution >= 4 is 21.6 Å². The molecule has 1 aromatic rings. The van der Waals surface area contributed by atoms with Gasteiger partial charge in [0.2, 0.25) is 10.0 Å². The molecule has 0 saturated heterocycles. The third-order valence-corrected chi connectivity index (χ3v) is 6.20. The summed E-state index contributed by atoms with van der Waals surface area (Å²) in [6.07, 6.45) is 4.00. The fourth-order valence-electron chi connectivity index (χ4n) is 2.50. The van der Waals surface area contributed by atoms with Gasteiger partial charge in [0.25, 0.3) is 0 Å². The van der Waals surface area contributed by atoms with E-state index in [4.69, 9.17) is 11.6 Å². The molecule has 0 bridgehead atoms. The lowest BCUT2D eigenvalue weighted by atomic mass is 10.3. The Morgan fingerprint density at radius 1 is 1.33 bits per heavy atom. The standard InChI is InChI=1S/C15H25ClN2O2S/c1-11(2)17-10-15(7-14(17)8-16)21(19,20)18(12(3)4)9-13-5-6-13/h7,10-13H,5-6,8-9H2,1-4H3. The maximum atomic E-state index is 12.9. The number of aromatic nitrogens is 1. The Labute approximate surface area is 133 Å². The molecule has 1 heterocycles. The van der Waals surface area contributed by atoms with E-state index in [2.05, 4.69) is 0 Å². The minimum atomic E-state index is -3.45. The zero-order chi connectivity index (χ0) is 15.8. The fraction of sp³-hybridized carbons (Fsp3) is 0.733. The van der Waals surface area contributed by atoms with Gasteiger partial charge in [-0.15, -0.1) is 11.6 Å². The molecule has 0 unspecified atom stereocenters. The van der Waals surface area contributed by atoms with Crippen molar-refractivity contribution in [3.63, 3.8) is 0 Å². The molecule has 2 rings (SSSR count). The van der Waals surface area contributed by atoms with Gasteiger partial charge in [-0.2, -0.15) is 4.31 Å². The van der Waals surface area contributed by atoms with Crippen LogP contribution in [-0.2, 0) is 15.9 Å². The molecule has 4 nitrogen and oxygen atoms in total. The number of hydrogen-bond acceptors (Lipinski definition) is 2. The highest BCUT2D eigenvalue weighted by Gasteiger charge is 2.34. The summed E-state index contributed by atoms with van der Waals surface area (Å²) < 4.78 is 29.4. The summed E-state index contributed by atoms with van der Waals surface area (Å²) in [6, 6.07) is 1.88. The van der Waals surface area contributed by atoms with Crippen molar-refractivity contribution in [3.05, 3.63) is 18.0 Å². The van der Waals surface area contributed by atoms with E-state index in [1.165, 1.54) is 0 Å². The number of nitrogens with zero attached hydrogens (tertiary/aromatic N) is 2. The molecule has 1 aromatic heterocycles. The normalized spacial score (nSPS) is 16.4. The van der Waals surface area contributed by atoms with Gasteiger partial charge in [-0.25, -0.2) is 8.42 Å². The zero-order valence-corrected chi connectivity index (χ0v) is 14.8. The molecule has 1 fully saturated rings. The minimum absolute atomic E-state index is 0.0301. The van der Waals surface area contributed by atoms with E-state index in [1.807, 2.05) is 32.3 Å². The molecule has 6 heteroatoms. The van der Waals surface area contributed by atoms with Gasteiger partial charge in [-0.05, 0) is 52.5 Å². The van der Waals surface area contributed by atoms with Gasteiger partial charge in [0.15, 0.2) is 0 Å². The largest absolute Gasteiger partial charge is 0.346 e. The lowest BCUT2D eigenvalue weighted by molar-refractivity contribution is 0.341. The second-order valence-electron chi connectivity index (χ2n) is 6.41. The van der Waals surface area contributed by atoms with E-state index in [0.717, 1.165) is 18.5 Å². The Bertz CT molecular complexity index is 589. The molecule has 0 spiro atoms. The average Bonchev–Trinajstić information content (AvgIpc) is 3.10. The maximum Gasteiger partial charge on any atom is 0.244 e. The van der Waals surface area contributed by atoms with Gasteiger partial charge in [-0.3, -0.25) is 0 Å². The van der Waals surface area contributed by atoms with Crippen LogP contribution in [-0.4, -0.2) is 29.9 Å². The summed E-state index contributed by atoms with van der Waals surface area (Å²) in [5, 5.41) is 0. The molecular weight excluding hydrogens is 308 g/mol. The van der Waals surface area contributed by atoms with Crippen molar-refractivity contribution in [1.29, 1.82) is 0 Å². The van der Waals surface area contributed by atoms with Gasteiger partial charge in [0.1, 0.15) is 4.90 Å². The number of halogens is 1. The molecule has 0 amide bonds. The quantitative estimate of drug-likeness (QED) is 0.716. The van der Waals surface area contributed by atoms with Crippen LogP contribution >= 0.6 is 11.6 Å². The van der Waals surface area contributed by atoms with Crippen molar-refractivity contribution in [3.8, 4) is 0 Å². The Kier molecular flexibility index (Phi) is 5.06. The lowest BCUT2D eigenvalue weighted by Gasteiger charge is -2.25. The molecular formula is C15H25ClN2O2S. The highest BCUT2D eigenvalue weighted by Crippen LogP contribution is 2.33. The number of sulfonamides is 1. The molecule has 21 heavy (non-hydrogen) atoms. The van der Waals surface area contributed by atoms with Crippen LogP contribution in [0.15, 0.2) is 17.2 Å². The molecule has 1 aliphatic carbocycles. The summed E-state index contributed by atoms with van der Waals surface area (Å²) in [4.78, 5) is 0.362. The summed E-state index contributed by atoms with van der Waals surface area (Å²) in [5.41, 5.74) is 0.848. The van der Waals surface area contributed by atoms with Crippen LogP contribution in [0.4, 0.5) is 0 Å². The molecule has 120 valence electrons. The van der Waals surface area contributed by atoms with Crippen molar-refractivity contribution in [2.75, 3.05) is 6.54 Å². The summed E-state index contributed by atoms with van der Waals surface area (Å²) >= 11 is 5.95. The van der Waals surface area contributed by atoms with Gasteiger partial charge >= 0.3 is 0 Å². The van der Waals surface area contributed by atoms with Crippen LogP contribution in [0.3, 0.4) is 0 Å². The van der Waals surface area contributed by atoms with Crippen molar-refractivity contribution in [2.45, 2.75) is 63.4 Å². The van der Waals surface area contributed by atoms with Crippen molar-refractivity contribution < 1.29 is 8.42 Å². The van der Waals surface area contributed by atoms with E-state index in [-0.39, 0.29) is 12.1 Å². The molecule has 0 N–H and O–H groups in total. The van der Waals surface area contributed by atoms with Gasteiger partial charge in [0.05, 0.1) is 5.88 Å². The SMILES string of the molecule is CC(C)N(CC1CC1)S(=O)(=O)c1cc(CCl)n(C(C)C)c1. The van der Waals surface area contributed by atoms with Crippen molar-refractivity contribution in [1.82, 2.24) is 8.87 Å². The van der Waals surface area contributed by atoms with Crippen LogP contribution in [0.1, 0.15) is 52.3 Å². The topological polar surface area (TPSA) is 42.3 Å². The van der Waals surface area contributed by atoms with Crippen LogP contribution in [0.2, 0.25) is 0 Å². The monoisotopic (exact) mass is 332 g/mol. The summed E-state index contributed by atoms with van der Waals surface area (Å²) in [6.45, 7) is 8.54. The molecule has 0 aromatic carbocycles. The fourth-order valence-corrected chi connectivity index (χ4v) is 4.48. The smallest absolute Gasteiger partial charge is 0.244 e. The molecule has 0 aliphatic heterocycles. The highest BCUT2D eigenvalue weighted by molar-refractivity contribution is 7.89. The number of alkyl halides is 1. The van der Waals surface area contributed by atoms with E-state index in [0.29, 0.717) is 23.2 Å². The first-order chi connectivity index (χ1) is 9.77. The second kappa shape index (κ2) is 6.31. The first kappa shape index (κ1) is 16.8. The predicted molar refractivity (Wildman–Crippen MR) is 86.1 cm³/mol. The summed E-state index contributed by atoms with van der Waals surface area (Å²) in [5.74, 6) is 0.847. The Hall–Kier alpha value is -0.520. The maximum absolute atomic E-state index is 12.9. The lowest BCUT2D eigenvalue weighted by Crippen LogP contribution is -2.38. The second-order valence-corrected chi connectivity index (χ2v) is 8.57. The molecule has 1 aliphatic rings. The molecule has 0 radical (unpaired) electrons. The number of hydrogen-bond donors (Lipinski definition) is 0. The molecule has 0 atom stereocenters. The average molecular weight is 333 g/mol. The van der Waals surface area contributed by atoms with Crippen LogP contribution in [0, 0.1) is 5.92 Å². The van der Waals surface area contributed by atoms with Gasteiger partial charge in [-0.1, -0.05) is 0 Å². The zero-order valence-electron chi connectivity index (χ0n) is 13.2. The highest BCUT2D eigenvalue weighted by atomic mass is 35.5. The van der Waals surface area contributed by atoms with Crippen LogP contribution in [0.25, 0.3) is 0 Å². The van der Waals surface area contributed by atoms with Gasteiger partial charge < -0.3 is 4.57 Å². The third kappa shape index (κ3) is 3.63. The van der Waals surface area contributed by atoms with Crippen LogP contribution in [0.5, 0.6) is 0 Å². The molecule has 1 saturated carbocycles. The minimum Gasteiger partial charge on any atom is -0.346 e. The van der Waals surface area contributed by atoms with E-state index in [9.17, 15) is 8.42 Å². The summed E-state index contributed by atoms with van der Waals surface area (Å²) in [7, 11) is -3.45. The first-order valence-electron chi connectivity index (χ1n) is 7.56. The van der Waals surface area contributed by atoms with E-state index < -0.39 is 10.0 Å². The van der Waals surface area contributed by atoms with E-state index in [1.54, 1.807) is 16.6 Å².